The van der Waals surface area contributed by atoms with Crippen molar-refractivity contribution in [3.63, 3.8) is 0 Å². The van der Waals surface area contributed by atoms with Gasteiger partial charge < -0.3 is 15.5 Å². The van der Waals surface area contributed by atoms with Gasteiger partial charge in [0.2, 0.25) is 5.91 Å². The number of hydrogen-bond donors (Lipinski definition) is 2. The molecule has 1 saturated heterocycles. The van der Waals surface area contributed by atoms with Gasteiger partial charge in [-0.2, -0.15) is 13.2 Å². The summed E-state index contributed by atoms with van der Waals surface area (Å²) in [6.07, 6.45) is -4.95. The summed E-state index contributed by atoms with van der Waals surface area (Å²) >= 11 is 0. The van der Waals surface area contributed by atoms with E-state index in [0.717, 1.165) is 0 Å². The first-order valence-electron chi connectivity index (χ1n) is 7.82. The van der Waals surface area contributed by atoms with E-state index in [1.54, 1.807) is 31.2 Å². The zero-order chi connectivity index (χ0) is 17.7. The van der Waals surface area contributed by atoms with Gasteiger partial charge in [-0.15, -0.1) is 0 Å². The third kappa shape index (κ3) is 4.62. The largest absolute Gasteiger partial charge is 0.389 e. The first-order chi connectivity index (χ1) is 11.3. The summed E-state index contributed by atoms with van der Waals surface area (Å²) in [5.74, 6) is -0.218. The number of carbonyl (C=O) groups excluding carboxylic acids is 2. The molecule has 0 spiro atoms. The Kier molecular flexibility index (Phi) is 5.69. The average Bonchev–Trinajstić information content (AvgIpc) is 2.53. The number of amides is 3. The van der Waals surface area contributed by atoms with Crippen LogP contribution < -0.4 is 10.6 Å². The summed E-state index contributed by atoms with van der Waals surface area (Å²) in [6.45, 7) is 2.52. The van der Waals surface area contributed by atoms with Crippen molar-refractivity contribution < 1.29 is 22.8 Å². The summed E-state index contributed by atoms with van der Waals surface area (Å²) in [6, 6.07) is 5.35. The van der Waals surface area contributed by atoms with Crippen LogP contribution in [0.25, 0.3) is 0 Å². The molecule has 1 heterocycles. The van der Waals surface area contributed by atoms with Gasteiger partial charge in [0.05, 0.1) is 0 Å². The number of alkyl halides is 3. The van der Waals surface area contributed by atoms with Crippen LogP contribution in [0.15, 0.2) is 24.3 Å². The van der Waals surface area contributed by atoms with Gasteiger partial charge in [-0.3, -0.25) is 4.79 Å². The molecule has 1 unspecified atom stereocenters. The molecule has 0 aliphatic carbocycles. The molecule has 1 aromatic rings. The van der Waals surface area contributed by atoms with Crippen LogP contribution in [0.2, 0.25) is 0 Å². The topological polar surface area (TPSA) is 61.4 Å². The van der Waals surface area contributed by atoms with E-state index in [0.29, 0.717) is 30.8 Å². The van der Waals surface area contributed by atoms with Crippen LogP contribution in [0.3, 0.4) is 0 Å². The number of hydrogen-bond acceptors (Lipinski definition) is 2. The van der Waals surface area contributed by atoms with E-state index in [1.165, 1.54) is 4.90 Å². The summed E-state index contributed by atoms with van der Waals surface area (Å²) in [4.78, 5) is 25.7. The molecular formula is C16H20F3N3O2. The summed E-state index contributed by atoms with van der Waals surface area (Å²) in [7, 11) is 0. The Hall–Kier alpha value is -2.25. The quantitative estimate of drug-likeness (QED) is 0.883. The van der Waals surface area contributed by atoms with Crippen molar-refractivity contribution in [1.82, 2.24) is 10.2 Å². The van der Waals surface area contributed by atoms with Crippen LogP contribution in [0.1, 0.15) is 25.3 Å². The second kappa shape index (κ2) is 7.55. The number of carbonyl (C=O) groups is 2. The summed E-state index contributed by atoms with van der Waals surface area (Å²) < 4.78 is 37.3. The number of urea groups is 1. The Labute approximate surface area is 138 Å². The lowest BCUT2D eigenvalue weighted by atomic mass is 10.1. The minimum absolute atomic E-state index is 0.211. The number of nitrogens with one attached hydrogen (secondary N) is 2. The van der Waals surface area contributed by atoms with Crippen molar-refractivity contribution >= 4 is 17.6 Å². The second-order valence-corrected chi connectivity index (χ2v) is 5.61. The van der Waals surface area contributed by atoms with Crippen molar-refractivity contribution in [2.24, 2.45) is 0 Å². The van der Waals surface area contributed by atoms with Crippen molar-refractivity contribution in [2.75, 3.05) is 18.4 Å². The Morgan fingerprint density at radius 2 is 2.08 bits per heavy atom. The lowest BCUT2D eigenvalue weighted by Crippen LogP contribution is -2.57. The first-order valence-corrected chi connectivity index (χ1v) is 7.82. The fourth-order valence-electron chi connectivity index (χ4n) is 2.69. The lowest BCUT2D eigenvalue weighted by molar-refractivity contribution is -0.134. The van der Waals surface area contributed by atoms with E-state index in [-0.39, 0.29) is 12.3 Å². The van der Waals surface area contributed by atoms with Crippen LogP contribution in [0, 0.1) is 0 Å². The molecular weight excluding hydrogens is 323 g/mol. The molecule has 8 heteroatoms. The molecule has 0 bridgehead atoms. The number of para-hydroxylation sites is 1. The summed E-state index contributed by atoms with van der Waals surface area (Å²) in [5, 5.41) is 5.34. The van der Waals surface area contributed by atoms with Crippen molar-refractivity contribution in [1.29, 1.82) is 0 Å². The number of aryl methyl sites for hydroxylation is 1. The van der Waals surface area contributed by atoms with E-state index < -0.39 is 24.7 Å². The molecule has 0 radical (unpaired) electrons. The Balaban J connectivity index is 2.10. The van der Waals surface area contributed by atoms with E-state index in [2.05, 4.69) is 10.6 Å². The number of rotatable bonds is 4. The molecule has 1 aliphatic rings. The lowest BCUT2D eigenvalue weighted by Gasteiger charge is -2.34. The SMILES string of the molecule is CCC1C(=O)NCCN1C(=O)Nc1ccccc1CCC(F)(F)F. The number of halogens is 3. The van der Waals surface area contributed by atoms with Gasteiger partial charge in [0.15, 0.2) is 0 Å². The molecule has 0 aromatic heterocycles. The fraction of sp³-hybridized carbons (Fsp3) is 0.500. The van der Waals surface area contributed by atoms with Crippen LogP contribution in [-0.4, -0.2) is 42.1 Å². The molecule has 5 nitrogen and oxygen atoms in total. The molecule has 1 aliphatic heterocycles. The highest BCUT2D eigenvalue weighted by Gasteiger charge is 2.32. The van der Waals surface area contributed by atoms with Gasteiger partial charge in [0, 0.05) is 25.2 Å². The van der Waals surface area contributed by atoms with E-state index in [4.69, 9.17) is 0 Å². The van der Waals surface area contributed by atoms with Crippen LogP contribution in [-0.2, 0) is 11.2 Å². The molecule has 3 amide bonds. The van der Waals surface area contributed by atoms with Crippen LogP contribution in [0.4, 0.5) is 23.7 Å². The first kappa shape index (κ1) is 18.1. The Morgan fingerprint density at radius 3 is 2.75 bits per heavy atom. The Bertz CT molecular complexity index is 604. The predicted molar refractivity (Wildman–Crippen MR) is 83.6 cm³/mol. The zero-order valence-corrected chi connectivity index (χ0v) is 13.3. The molecule has 1 fully saturated rings. The minimum Gasteiger partial charge on any atom is -0.353 e. The molecule has 132 valence electrons. The third-order valence-corrected chi connectivity index (χ3v) is 3.92. The smallest absolute Gasteiger partial charge is 0.353 e. The van der Waals surface area contributed by atoms with Crippen molar-refractivity contribution in [2.45, 2.75) is 38.4 Å². The minimum atomic E-state index is -4.25. The molecule has 1 aromatic carbocycles. The van der Waals surface area contributed by atoms with Crippen LogP contribution in [0.5, 0.6) is 0 Å². The monoisotopic (exact) mass is 343 g/mol. The molecule has 1 atom stereocenters. The molecule has 2 N–H and O–H groups in total. The predicted octanol–water partition coefficient (Wildman–Crippen LogP) is 2.92. The van der Waals surface area contributed by atoms with Gasteiger partial charge in [-0.1, -0.05) is 25.1 Å². The van der Waals surface area contributed by atoms with E-state index in [1.807, 2.05) is 0 Å². The zero-order valence-electron chi connectivity index (χ0n) is 13.3. The molecule has 24 heavy (non-hydrogen) atoms. The maximum absolute atomic E-state index is 12.4. The number of benzene rings is 1. The van der Waals surface area contributed by atoms with E-state index >= 15 is 0 Å². The number of piperazine rings is 1. The van der Waals surface area contributed by atoms with Gasteiger partial charge in [-0.05, 0) is 24.5 Å². The van der Waals surface area contributed by atoms with E-state index in [9.17, 15) is 22.8 Å². The fourth-order valence-corrected chi connectivity index (χ4v) is 2.69. The standard InChI is InChI=1S/C16H20F3N3O2/c1-2-13-14(23)20-9-10-22(13)15(24)21-12-6-4-3-5-11(12)7-8-16(17,18)19/h3-6,13H,2,7-10H2,1H3,(H,20,23)(H,21,24). The second-order valence-electron chi connectivity index (χ2n) is 5.61. The Morgan fingerprint density at radius 1 is 1.38 bits per heavy atom. The summed E-state index contributed by atoms with van der Waals surface area (Å²) in [5.41, 5.74) is 0.755. The van der Waals surface area contributed by atoms with Gasteiger partial charge in [0.1, 0.15) is 6.04 Å². The van der Waals surface area contributed by atoms with Crippen molar-refractivity contribution in [3.05, 3.63) is 29.8 Å². The maximum Gasteiger partial charge on any atom is 0.389 e. The number of nitrogens with zero attached hydrogens (tertiary/aromatic N) is 1. The highest BCUT2D eigenvalue weighted by Crippen LogP contribution is 2.25. The third-order valence-electron chi connectivity index (χ3n) is 3.92. The maximum atomic E-state index is 12.4. The highest BCUT2D eigenvalue weighted by molar-refractivity contribution is 5.95. The average molecular weight is 343 g/mol. The molecule has 2 rings (SSSR count). The molecule has 0 saturated carbocycles. The van der Waals surface area contributed by atoms with Gasteiger partial charge in [-0.25, -0.2) is 4.79 Å². The van der Waals surface area contributed by atoms with Gasteiger partial charge >= 0.3 is 12.2 Å². The highest BCUT2D eigenvalue weighted by atomic mass is 19.4. The van der Waals surface area contributed by atoms with Gasteiger partial charge in [0.25, 0.3) is 0 Å². The normalized spacial score (nSPS) is 18.2. The number of anilines is 1. The van der Waals surface area contributed by atoms with Crippen LogP contribution >= 0.6 is 0 Å². The van der Waals surface area contributed by atoms with Crippen molar-refractivity contribution in [3.8, 4) is 0 Å².